The van der Waals surface area contributed by atoms with Crippen molar-refractivity contribution in [3.63, 3.8) is 0 Å². The first kappa shape index (κ1) is 10.9. The van der Waals surface area contributed by atoms with E-state index in [-0.39, 0.29) is 5.91 Å². The highest BCUT2D eigenvalue weighted by Gasteiger charge is 2.46. The first-order valence-corrected chi connectivity index (χ1v) is 6.00. The van der Waals surface area contributed by atoms with Crippen molar-refractivity contribution in [2.24, 2.45) is 5.41 Å². The summed E-state index contributed by atoms with van der Waals surface area (Å²) in [6, 6.07) is 1.35. The van der Waals surface area contributed by atoms with Crippen molar-refractivity contribution in [3.05, 3.63) is 0 Å². The van der Waals surface area contributed by atoms with Gasteiger partial charge in [-0.05, 0) is 24.7 Å². The molecule has 1 N–H and O–H groups in total. The molecule has 1 unspecified atom stereocenters. The number of piperidine rings is 1. The van der Waals surface area contributed by atoms with Gasteiger partial charge in [-0.15, -0.1) is 0 Å². The van der Waals surface area contributed by atoms with Crippen LogP contribution in [0.5, 0.6) is 0 Å². The van der Waals surface area contributed by atoms with Crippen molar-refractivity contribution in [1.29, 1.82) is 0 Å². The molecule has 2 aliphatic rings. The van der Waals surface area contributed by atoms with Crippen LogP contribution in [0.4, 0.5) is 0 Å². The number of hydrogen-bond donors (Lipinski definition) is 1. The number of carbonyl (C=O) groups excluding carboxylic acids is 1. The summed E-state index contributed by atoms with van der Waals surface area (Å²) in [6.45, 7) is 8.16. The zero-order valence-electron chi connectivity index (χ0n) is 10.0. The van der Waals surface area contributed by atoms with Crippen LogP contribution in [-0.4, -0.2) is 36.0 Å². The molecule has 1 amide bonds. The molecule has 1 heterocycles. The Morgan fingerprint density at radius 2 is 1.87 bits per heavy atom. The van der Waals surface area contributed by atoms with Gasteiger partial charge in [-0.25, -0.2) is 0 Å². The van der Waals surface area contributed by atoms with Crippen molar-refractivity contribution in [2.75, 3.05) is 13.1 Å². The lowest BCUT2D eigenvalue weighted by molar-refractivity contribution is -0.129. The molecule has 1 aliphatic carbocycles. The second-order valence-corrected chi connectivity index (χ2v) is 5.69. The highest BCUT2D eigenvalue weighted by atomic mass is 16.2. The van der Waals surface area contributed by atoms with E-state index >= 15 is 0 Å². The van der Waals surface area contributed by atoms with Gasteiger partial charge in [0, 0.05) is 32.1 Å². The monoisotopic (exact) mass is 210 g/mol. The van der Waals surface area contributed by atoms with Gasteiger partial charge in [-0.3, -0.25) is 4.79 Å². The first-order chi connectivity index (χ1) is 6.99. The summed E-state index contributed by atoms with van der Waals surface area (Å²) in [5.41, 5.74) is 0.512. The van der Waals surface area contributed by atoms with Crippen molar-refractivity contribution in [2.45, 2.75) is 52.1 Å². The topological polar surface area (TPSA) is 32.3 Å². The van der Waals surface area contributed by atoms with Gasteiger partial charge in [-0.2, -0.15) is 0 Å². The van der Waals surface area contributed by atoms with E-state index in [1.165, 1.54) is 6.42 Å². The van der Waals surface area contributed by atoms with Crippen molar-refractivity contribution in [3.8, 4) is 0 Å². The molecule has 0 aromatic rings. The largest absolute Gasteiger partial charge is 0.343 e. The van der Waals surface area contributed by atoms with Gasteiger partial charge >= 0.3 is 0 Å². The second kappa shape index (κ2) is 3.78. The number of nitrogens with zero attached hydrogens (tertiary/aromatic N) is 1. The fraction of sp³-hybridized carbons (Fsp3) is 0.917. The van der Waals surface area contributed by atoms with Gasteiger partial charge in [-0.1, -0.05) is 13.8 Å². The molecule has 2 fully saturated rings. The molecule has 86 valence electrons. The molecule has 3 nitrogen and oxygen atoms in total. The van der Waals surface area contributed by atoms with E-state index in [0.717, 1.165) is 25.9 Å². The molecule has 1 saturated carbocycles. The smallest absolute Gasteiger partial charge is 0.219 e. The SMILES string of the molecule is CC(=O)N1CCC(NC2CC2(C)C)CC1. The summed E-state index contributed by atoms with van der Waals surface area (Å²) >= 11 is 0. The Kier molecular flexibility index (Phi) is 2.75. The van der Waals surface area contributed by atoms with E-state index in [0.29, 0.717) is 17.5 Å². The predicted octanol–water partition coefficient (Wildman–Crippen LogP) is 1.39. The summed E-state index contributed by atoms with van der Waals surface area (Å²) in [7, 11) is 0. The number of likely N-dealkylation sites (tertiary alicyclic amines) is 1. The number of carbonyl (C=O) groups is 1. The zero-order valence-corrected chi connectivity index (χ0v) is 10.0. The predicted molar refractivity (Wildman–Crippen MR) is 60.6 cm³/mol. The van der Waals surface area contributed by atoms with Crippen LogP contribution in [0.3, 0.4) is 0 Å². The highest BCUT2D eigenvalue weighted by Crippen LogP contribution is 2.45. The molecule has 0 radical (unpaired) electrons. The number of rotatable bonds is 2. The molecular weight excluding hydrogens is 188 g/mol. The minimum Gasteiger partial charge on any atom is -0.343 e. The Hall–Kier alpha value is -0.570. The number of nitrogens with one attached hydrogen (secondary N) is 1. The second-order valence-electron chi connectivity index (χ2n) is 5.69. The molecule has 0 spiro atoms. The summed E-state index contributed by atoms with van der Waals surface area (Å²) in [4.78, 5) is 13.1. The number of hydrogen-bond acceptors (Lipinski definition) is 2. The minimum atomic E-state index is 0.222. The van der Waals surface area contributed by atoms with Crippen molar-refractivity contribution in [1.82, 2.24) is 10.2 Å². The maximum Gasteiger partial charge on any atom is 0.219 e. The average Bonchev–Trinajstić information content (AvgIpc) is 2.74. The summed E-state index contributed by atoms with van der Waals surface area (Å²) in [6.07, 6.45) is 3.54. The summed E-state index contributed by atoms with van der Waals surface area (Å²) in [5, 5.41) is 3.70. The lowest BCUT2D eigenvalue weighted by atomic mass is 10.0. The summed E-state index contributed by atoms with van der Waals surface area (Å²) in [5.74, 6) is 0.222. The van der Waals surface area contributed by atoms with Crippen LogP contribution in [-0.2, 0) is 4.79 Å². The maximum atomic E-state index is 11.1. The molecule has 1 aliphatic heterocycles. The lowest BCUT2D eigenvalue weighted by Gasteiger charge is -2.32. The van der Waals surface area contributed by atoms with Crippen molar-refractivity contribution >= 4 is 5.91 Å². The fourth-order valence-corrected chi connectivity index (χ4v) is 2.40. The van der Waals surface area contributed by atoms with Crippen LogP contribution in [0.15, 0.2) is 0 Å². The Bertz CT molecular complexity index is 254. The molecule has 0 bridgehead atoms. The third kappa shape index (κ3) is 2.51. The molecule has 0 aromatic carbocycles. The fourth-order valence-electron chi connectivity index (χ4n) is 2.40. The molecule has 1 saturated heterocycles. The van der Waals surface area contributed by atoms with Crippen LogP contribution in [0.25, 0.3) is 0 Å². The van der Waals surface area contributed by atoms with Gasteiger partial charge < -0.3 is 10.2 Å². The quantitative estimate of drug-likeness (QED) is 0.747. The maximum absolute atomic E-state index is 11.1. The minimum absolute atomic E-state index is 0.222. The standard InChI is InChI=1S/C12H22N2O/c1-9(15)14-6-4-10(5-7-14)13-11-8-12(11,2)3/h10-11,13H,4-8H2,1-3H3. The number of amides is 1. The molecule has 3 heteroatoms. The molecule has 0 aromatic heterocycles. The van der Waals surface area contributed by atoms with Crippen LogP contribution >= 0.6 is 0 Å². The molecule has 2 rings (SSSR count). The Morgan fingerprint density at radius 3 is 2.27 bits per heavy atom. The van der Waals surface area contributed by atoms with E-state index in [1.54, 1.807) is 6.92 Å². The Balaban J connectivity index is 1.72. The van der Waals surface area contributed by atoms with Crippen LogP contribution in [0.2, 0.25) is 0 Å². The van der Waals surface area contributed by atoms with E-state index in [9.17, 15) is 4.79 Å². The van der Waals surface area contributed by atoms with Crippen LogP contribution < -0.4 is 5.32 Å². The Morgan fingerprint density at radius 1 is 1.33 bits per heavy atom. The van der Waals surface area contributed by atoms with Gasteiger partial charge in [0.05, 0.1) is 0 Å². The molecule has 1 atom stereocenters. The summed E-state index contributed by atoms with van der Waals surface area (Å²) < 4.78 is 0. The molecule has 15 heavy (non-hydrogen) atoms. The van der Waals surface area contributed by atoms with E-state index in [4.69, 9.17) is 0 Å². The third-order valence-corrected chi connectivity index (χ3v) is 3.89. The van der Waals surface area contributed by atoms with Crippen molar-refractivity contribution < 1.29 is 4.79 Å². The Labute approximate surface area is 92.2 Å². The van der Waals surface area contributed by atoms with Gasteiger partial charge in [0.1, 0.15) is 0 Å². The van der Waals surface area contributed by atoms with Gasteiger partial charge in [0.25, 0.3) is 0 Å². The van der Waals surface area contributed by atoms with Gasteiger partial charge in [0.2, 0.25) is 5.91 Å². The normalized spacial score (nSPS) is 30.3. The van der Waals surface area contributed by atoms with E-state index in [2.05, 4.69) is 19.2 Å². The average molecular weight is 210 g/mol. The van der Waals surface area contributed by atoms with Crippen LogP contribution in [0.1, 0.15) is 40.0 Å². The third-order valence-electron chi connectivity index (χ3n) is 3.89. The molecular formula is C12H22N2O. The zero-order chi connectivity index (χ0) is 11.1. The van der Waals surface area contributed by atoms with Gasteiger partial charge in [0.15, 0.2) is 0 Å². The van der Waals surface area contributed by atoms with E-state index < -0.39 is 0 Å². The lowest BCUT2D eigenvalue weighted by Crippen LogP contribution is -2.45. The van der Waals surface area contributed by atoms with Crippen LogP contribution in [0, 0.1) is 5.41 Å². The van der Waals surface area contributed by atoms with E-state index in [1.807, 2.05) is 4.90 Å². The highest BCUT2D eigenvalue weighted by molar-refractivity contribution is 5.73. The first-order valence-electron chi connectivity index (χ1n) is 6.00.